The van der Waals surface area contributed by atoms with E-state index in [1.807, 2.05) is 0 Å². The Morgan fingerprint density at radius 2 is 1.04 bits per heavy atom. The highest BCUT2D eigenvalue weighted by Gasteiger charge is 2.37. The summed E-state index contributed by atoms with van der Waals surface area (Å²) in [6, 6.07) is 0. The molecule has 0 aliphatic heterocycles. The van der Waals surface area contributed by atoms with Crippen molar-refractivity contribution in [2.75, 3.05) is 0 Å². The maximum Gasteiger partial charge on any atom is 0.118 e. The van der Waals surface area contributed by atoms with Gasteiger partial charge in [0, 0.05) is 0 Å². The molecular weight excluding hydrogens is 323 g/mol. The predicted octanol–water partition coefficient (Wildman–Crippen LogP) is 7.76. The van der Waals surface area contributed by atoms with Crippen LogP contribution < -0.4 is 0 Å². The van der Waals surface area contributed by atoms with E-state index >= 15 is 0 Å². The first kappa shape index (κ1) is 18.4. The van der Waals surface area contributed by atoms with Crippen LogP contribution in [0.4, 0.5) is 0 Å². The topological polar surface area (TPSA) is 0 Å². The quantitative estimate of drug-likeness (QED) is 0.450. The van der Waals surface area contributed by atoms with Gasteiger partial charge in [0.15, 0.2) is 0 Å². The third kappa shape index (κ3) is 5.04. The fourth-order valence-corrected chi connectivity index (χ4v) is 6.41. The van der Waals surface area contributed by atoms with Gasteiger partial charge in [-0.1, -0.05) is 32.6 Å². The molecule has 0 aromatic heterocycles. The molecule has 0 heterocycles. The highest BCUT2D eigenvalue weighted by Crippen LogP contribution is 2.48. The summed E-state index contributed by atoms with van der Waals surface area (Å²) in [5.74, 6) is 5.07. The van der Waals surface area contributed by atoms with Crippen LogP contribution >= 0.6 is 23.2 Å². The van der Waals surface area contributed by atoms with Crippen molar-refractivity contribution < 1.29 is 0 Å². The summed E-state index contributed by atoms with van der Waals surface area (Å²) in [6.07, 6.45) is 19.5. The number of halogens is 2. The van der Waals surface area contributed by atoms with Crippen molar-refractivity contribution in [1.29, 1.82) is 0 Å². The van der Waals surface area contributed by atoms with E-state index < -0.39 is 4.33 Å². The Bertz CT molecular complexity index is 339. The molecule has 0 saturated heterocycles. The maximum atomic E-state index is 6.30. The van der Waals surface area contributed by atoms with Gasteiger partial charge < -0.3 is 0 Å². The molecule has 3 aliphatic carbocycles. The fraction of sp³-hybridized carbons (Fsp3) is 1.00. The smallest absolute Gasteiger partial charge is 0.102 e. The van der Waals surface area contributed by atoms with Crippen LogP contribution in [0.15, 0.2) is 0 Å². The molecule has 3 rings (SSSR count). The average molecular weight is 359 g/mol. The van der Waals surface area contributed by atoms with E-state index in [0.29, 0.717) is 0 Å². The fourth-order valence-electron chi connectivity index (χ4n) is 5.98. The van der Waals surface area contributed by atoms with E-state index in [-0.39, 0.29) is 0 Å². The van der Waals surface area contributed by atoms with Crippen molar-refractivity contribution in [1.82, 2.24) is 0 Å². The molecule has 3 saturated carbocycles. The number of alkyl halides is 2. The van der Waals surface area contributed by atoms with E-state index in [4.69, 9.17) is 23.2 Å². The summed E-state index contributed by atoms with van der Waals surface area (Å²) >= 11 is 12.6. The van der Waals surface area contributed by atoms with Gasteiger partial charge in [-0.2, -0.15) is 0 Å². The molecule has 0 unspecified atom stereocenters. The third-order valence-corrected chi connectivity index (χ3v) is 8.26. The van der Waals surface area contributed by atoms with Crippen molar-refractivity contribution in [3.8, 4) is 0 Å². The molecule has 3 fully saturated rings. The number of hydrogen-bond donors (Lipinski definition) is 0. The van der Waals surface area contributed by atoms with E-state index in [0.717, 1.165) is 42.4 Å². The molecule has 0 nitrogen and oxygen atoms in total. The van der Waals surface area contributed by atoms with Gasteiger partial charge in [-0.05, 0) is 93.8 Å². The summed E-state index contributed by atoms with van der Waals surface area (Å²) in [5.41, 5.74) is 0. The first-order valence-electron chi connectivity index (χ1n) is 10.4. The van der Waals surface area contributed by atoms with Crippen molar-refractivity contribution in [2.45, 2.75) is 101 Å². The molecule has 3 aliphatic rings. The first-order valence-corrected chi connectivity index (χ1v) is 11.2. The summed E-state index contributed by atoms with van der Waals surface area (Å²) in [6.45, 7) is 2.34. The second kappa shape index (κ2) is 8.31. The molecule has 0 amide bonds. The molecule has 0 aromatic carbocycles. The zero-order valence-electron chi connectivity index (χ0n) is 15.0. The van der Waals surface area contributed by atoms with Crippen molar-refractivity contribution >= 4 is 23.2 Å². The molecule has 0 bridgehead atoms. The highest BCUT2D eigenvalue weighted by molar-refractivity contribution is 6.48. The predicted molar refractivity (Wildman–Crippen MR) is 102 cm³/mol. The minimum Gasteiger partial charge on any atom is -0.102 e. The van der Waals surface area contributed by atoms with E-state index in [9.17, 15) is 0 Å². The van der Waals surface area contributed by atoms with E-state index in [1.165, 1.54) is 77.0 Å². The Labute approximate surface area is 154 Å². The van der Waals surface area contributed by atoms with Crippen molar-refractivity contribution in [2.24, 2.45) is 29.6 Å². The molecule has 0 spiro atoms. The van der Waals surface area contributed by atoms with E-state index in [2.05, 4.69) is 6.92 Å². The van der Waals surface area contributed by atoms with Gasteiger partial charge in [-0.15, -0.1) is 23.2 Å². The van der Waals surface area contributed by atoms with Crippen LogP contribution in [-0.2, 0) is 0 Å². The molecule has 0 aromatic rings. The van der Waals surface area contributed by atoms with Crippen LogP contribution in [0.25, 0.3) is 0 Å². The van der Waals surface area contributed by atoms with E-state index in [1.54, 1.807) is 0 Å². The normalized spacial score (nSPS) is 39.3. The largest absolute Gasteiger partial charge is 0.118 e. The second-order valence-corrected chi connectivity index (χ2v) is 10.6. The lowest BCUT2D eigenvalue weighted by Crippen LogP contribution is -2.31. The van der Waals surface area contributed by atoms with Gasteiger partial charge >= 0.3 is 0 Å². The SMILES string of the molecule is CCCC1CCC(C2CCC(C3CCC(Cl)(Cl)CC3)CC2)CC1. The van der Waals surface area contributed by atoms with Crippen LogP contribution in [0.5, 0.6) is 0 Å². The first-order chi connectivity index (χ1) is 11.1. The van der Waals surface area contributed by atoms with Gasteiger partial charge in [-0.3, -0.25) is 0 Å². The molecular formula is C21H36Cl2. The van der Waals surface area contributed by atoms with Crippen LogP contribution in [0.3, 0.4) is 0 Å². The van der Waals surface area contributed by atoms with Crippen LogP contribution in [0.1, 0.15) is 96.8 Å². The van der Waals surface area contributed by atoms with Crippen molar-refractivity contribution in [3.05, 3.63) is 0 Å². The summed E-state index contributed by atoms with van der Waals surface area (Å²) in [5, 5.41) is 0. The lowest BCUT2D eigenvalue weighted by molar-refractivity contribution is 0.110. The average Bonchev–Trinajstić information content (AvgIpc) is 2.56. The third-order valence-electron chi connectivity index (χ3n) is 7.50. The van der Waals surface area contributed by atoms with Gasteiger partial charge in [0.2, 0.25) is 0 Å². The molecule has 134 valence electrons. The minimum absolute atomic E-state index is 0.412. The van der Waals surface area contributed by atoms with Crippen LogP contribution in [0.2, 0.25) is 0 Å². The number of rotatable bonds is 4. The molecule has 0 atom stereocenters. The minimum atomic E-state index is -0.412. The lowest BCUT2D eigenvalue weighted by atomic mass is 9.65. The lowest BCUT2D eigenvalue weighted by Gasteiger charge is -2.41. The zero-order chi connectivity index (χ0) is 16.3. The highest BCUT2D eigenvalue weighted by atomic mass is 35.5. The Morgan fingerprint density at radius 3 is 1.48 bits per heavy atom. The summed E-state index contributed by atoms with van der Waals surface area (Å²) in [7, 11) is 0. The maximum absolute atomic E-state index is 6.30. The Balaban J connectivity index is 1.39. The van der Waals surface area contributed by atoms with Crippen molar-refractivity contribution in [3.63, 3.8) is 0 Å². The molecule has 2 heteroatoms. The Kier molecular flexibility index (Phi) is 6.64. The van der Waals surface area contributed by atoms with Gasteiger partial charge in [0.05, 0.1) is 0 Å². The Morgan fingerprint density at radius 1 is 0.652 bits per heavy atom. The molecule has 0 radical (unpaired) electrons. The summed E-state index contributed by atoms with van der Waals surface area (Å²) < 4.78 is -0.412. The van der Waals surface area contributed by atoms with Gasteiger partial charge in [0.25, 0.3) is 0 Å². The second-order valence-electron chi connectivity index (χ2n) is 8.94. The Hall–Kier alpha value is 0.580. The monoisotopic (exact) mass is 358 g/mol. The number of hydrogen-bond acceptors (Lipinski definition) is 0. The standard InChI is InChI=1S/C21H36Cl2/c1-2-3-16-4-6-17(7-5-16)18-8-10-19(11-9-18)20-12-14-21(22,23)15-13-20/h16-20H,2-15H2,1H3. The van der Waals surface area contributed by atoms with Gasteiger partial charge in [-0.25, -0.2) is 0 Å². The molecule has 0 N–H and O–H groups in total. The van der Waals surface area contributed by atoms with Crippen LogP contribution in [-0.4, -0.2) is 4.33 Å². The zero-order valence-corrected chi connectivity index (χ0v) is 16.6. The summed E-state index contributed by atoms with van der Waals surface area (Å²) in [4.78, 5) is 0. The molecule has 23 heavy (non-hydrogen) atoms. The van der Waals surface area contributed by atoms with Gasteiger partial charge in [0.1, 0.15) is 4.33 Å². The van der Waals surface area contributed by atoms with Crippen LogP contribution in [0, 0.1) is 29.6 Å².